The lowest BCUT2D eigenvalue weighted by atomic mass is 10.1. The van der Waals surface area contributed by atoms with E-state index >= 15 is 0 Å². The van der Waals surface area contributed by atoms with Crippen LogP contribution in [0.4, 0.5) is 10.1 Å². The minimum absolute atomic E-state index is 0. The van der Waals surface area contributed by atoms with Gasteiger partial charge in [-0.2, -0.15) is 5.10 Å². The third kappa shape index (κ3) is 5.21. The first-order chi connectivity index (χ1) is 13.6. The van der Waals surface area contributed by atoms with Crippen molar-refractivity contribution in [1.29, 1.82) is 0 Å². The van der Waals surface area contributed by atoms with Gasteiger partial charge in [0.05, 0.1) is 11.4 Å². The Labute approximate surface area is 190 Å². The van der Waals surface area contributed by atoms with Gasteiger partial charge in [-0.15, -0.1) is 24.0 Å². The minimum Gasteiger partial charge on any atom is -0.366 e. The highest BCUT2D eigenvalue weighted by Crippen LogP contribution is 2.20. The Hall–Kier alpha value is -1.84. The summed E-state index contributed by atoms with van der Waals surface area (Å²) in [4.78, 5) is 8.81. The highest BCUT2D eigenvalue weighted by molar-refractivity contribution is 14.0. The van der Waals surface area contributed by atoms with Crippen molar-refractivity contribution in [2.24, 2.45) is 12.0 Å². The summed E-state index contributed by atoms with van der Waals surface area (Å²) >= 11 is 0. The zero-order valence-electron chi connectivity index (χ0n) is 17.8. The van der Waals surface area contributed by atoms with Crippen LogP contribution in [0.1, 0.15) is 30.8 Å². The molecular weight excluding hydrogens is 482 g/mol. The lowest BCUT2D eigenvalue weighted by Crippen LogP contribution is -2.52. The average Bonchev–Trinajstić information content (AvgIpc) is 3.04. The Bertz CT molecular complexity index is 827. The molecule has 0 amide bonds. The maximum atomic E-state index is 14.1. The second kappa shape index (κ2) is 10.8. The number of aromatic nitrogens is 2. The number of anilines is 1. The molecule has 1 aliphatic rings. The van der Waals surface area contributed by atoms with Crippen LogP contribution >= 0.6 is 24.0 Å². The summed E-state index contributed by atoms with van der Waals surface area (Å²) in [6, 6.07) is 6.98. The van der Waals surface area contributed by atoms with E-state index in [4.69, 9.17) is 0 Å². The summed E-state index contributed by atoms with van der Waals surface area (Å²) in [6.07, 6.45) is 1.88. The Kier molecular flexibility index (Phi) is 8.73. The molecule has 160 valence electrons. The molecule has 0 atom stereocenters. The van der Waals surface area contributed by atoms with Crippen LogP contribution in [0, 0.1) is 5.82 Å². The van der Waals surface area contributed by atoms with E-state index < -0.39 is 0 Å². The van der Waals surface area contributed by atoms with Gasteiger partial charge in [0.2, 0.25) is 0 Å². The Morgan fingerprint density at radius 1 is 1.14 bits per heavy atom. The number of hydrogen-bond donors (Lipinski definition) is 1. The third-order valence-corrected chi connectivity index (χ3v) is 5.44. The van der Waals surface area contributed by atoms with Crippen molar-refractivity contribution in [3.63, 3.8) is 0 Å². The quantitative estimate of drug-likeness (QED) is 0.379. The number of aliphatic imine (C=N–C) groups is 1. The molecule has 0 radical (unpaired) electrons. The van der Waals surface area contributed by atoms with Gasteiger partial charge in [-0.3, -0.25) is 9.67 Å². The third-order valence-electron chi connectivity index (χ3n) is 5.44. The highest BCUT2D eigenvalue weighted by Gasteiger charge is 2.22. The first-order valence-corrected chi connectivity index (χ1v) is 10.1. The number of nitrogens with zero attached hydrogens (tertiary/aromatic N) is 5. The normalized spacial score (nSPS) is 14.7. The van der Waals surface area contributed by atoms with E-state index in [1.807, 2.05) is 30.9 Å². The molecule has 1 N–H and O–H groups in total. The summed E-state index contributed by atoms with van der Waals surface area (Å²) in [7, 11) is 3.83. The first-order valence-electron chi connectivity index (χ1n) is 10.1. The van der Waals surface area contributed by atoms with Crippen LogP contribution in [0.2, 0.25) is 0 Å². The number of piperazine rings is 1. The number of halogens is 2. The summed E-state index contributed by atoms with van der Waals surface area (Å²) in [5, 5.41) is 8.16. The molecule has 0 aliphatic carbocycles. The number of para-hydroxylation sites is 1. The molecule has 1 aliphatic heterocycles. The van der Waals surface area contributed by atoms with Crippen LogP contribution in [0.3, 0.4) is 0 Å². The van der Waals surface area contributed by atoms with Gasteiger partial charge in [-0.25, -0.2) is 4.39 Å². The number of guanidine groups is 1. The fourth-order valence-corrected chi connectivity index (χ4v) is 3.96. The maximum Gasteiger partial charge on any atom is 0.194 e. The molecule has 6 nitrogen and oxygen atoms in total. The summed E-state index contributed by atoms with van der Waals surface area (Å²) in [5.41, 5.74) is 4.37. The fraction of sp³-hybridized carbons (Fsp3) is 0.524. The highest BCUT2D eigenvalue weighted by atomic mass is 127. The van der Waals surface area contributed by atoms with Crippen molar-refractivity contribution < 1.29 is 4.39 Å². The van der Waals surface area contributed by atoms with Gasteiger partial charge in [0.25, 0.3) is 0 Å². The number of hydrogen-bond acceptors (Lipinski definition) is 3. The van der Waals surface area contributed by atoms with Crippen LogP contribution in [0.5, 0.6) is 0 Å². The van der Waals surface area contributed by atoms with Crippen molar-refractivity contribution >= 4 is 35.6 Å². The SMILES string of the molecule is CCc1nn(C)c(CC)c1CNC(=NC)N1CCN(c2ccccc2F)CC1.I. The fourth-order valence-electron chi connectivity index (χ4n) is 3.96. The largest absolute Gasteiger partial charge is 0.366 e. The van der Waals surface area contributed by atoms with E-state index in [0.29, 0.717) is 5.69 Å². The van der Waals surface area contributed by atoms with Crippen molar-refractivity contribution in [2.75, 3.05) is 38.1 Å². The van der Waals surface area contributed by atoms with Crippen LogP contribution in [0.15, 0.2) is 29.3 Å². The van der Waals surface area contributed by atoms with Crippen molar-refractivity contribution in [2.45, 2.75) is 33.2 Å². The monoisotopic (exact) mass is 514 g/mol. The molecule has 0 saturated carbocycles. The van der Waals surface area contributed by atoms with Gasteiger partial charge in [-0.05, 0) is 25.0 Å². The molecule has 1 aromatic heterocycles. The van der Waals surface area contributed by atoms with E-state index in [-0.39, 0.29) is 29.8 Å². The van der Waals surface area contributed by atoms with Gasteiger partial charge in [0, 0.05) is 58.1 Å². The van der Waals surface area contributed by atoms with Crippen molar-refractivity contribution in [3.8, 4) is 0 Å². The number of rotatable bonds is 5. The Morgan fingerprint density at radius 3 is 2.41 bits per heavy atom. The summed E-state index contributed by atoms with van der Waals surface area (Å²) < 4.78 is 16.0. The lowest BCUT2D eigenvalue weighted by molar-refractivity contribution is 0.370. The van der Waals surface area contributed by atoms with E-state index in [9.17, 15) is 4.39 Å². The summed E-state index contributed by atoms with van der Waals surface area (Å²) in [6.45, 7) is 8.19. The topological polar surface area (TPSA) is 48.7 Å². The second-order valence-electron chi connectivity index (χ2n) is 7.03. The molecule has 1 fully saturated rings. The van der Waals surface area contributed by atoms with E-state index in [0.717, 1.165) is 57.2 Å². The van der Waals surface area contributed by atoms with Gasteiger partial charge in [0.15, 0.2) is 5.96 Å². The van der Waals surface area contributed by atoms with E-state index in [1.165, 1.54) is 17.3 Å². The van der Waals surface area contributed by atoms with Gasteiger partial charge in [0.1, 0.15) is 5.82 Å². The molecular formula is C21H32FIN6. The Morgan fingerprint density at radius 2 is 1.83 bits per heavy atom. The van der Waals surface area contributed by atoms with Crippen LogP contribution in [-0.4, -0.2) is 53.9 Å². The molecule has 0 unspecified atom stereocenters. The molecule has 2 aromatic rings. The van der Waals surface area contributed by atoms with E-state index in [2.05, 4.69) is 39.1 Å². The molecule has 1 aromatic carbocycles. The summed E-state index contributed by atoms with van der Waals surface area (Å²) in [5.74, 6) is 0.732. The van der Waals surface area contributed by atoms with Crippen LogP contribution in [-0.2, 0) is 26.4 Å². The minimum atomic E-state index is -0.158. The zero-order chi connectivity index (χ0) is 20.1. The van der Waals surface area contributed by atoms with Crippen molar-refractivity contribution in [3.05, 3.63) is 47.0 Å². The first kappa shape index (κ1) is 23.4. The van der Waals surface area contributed by atoms with Crippen LogP contribution < -0.4 is 10.2 Å². The molecule has 0 bridgehead atoms. The molecule has 29 heavy (non-hydrogen) atoms. The standard InChI is InChI=1S/C21H31FN6.HI/c1-5-18-16(19(6-2)26(4)25-18)15-24-21(23-3)28-13-11-27(12-14-28)20-10-8-7-9-17(20)22;/h7-10H,5-6,11-15H2,1-4H3,(H,23,24);1H. The molecule has 1 saturated heterocycles. The Balaban J connectivity index is 0.00000300. The van der Waals surface area contributed by atoms with E-state index in [1.54, 1.807) is 6.07 Å². The van der Waals surface area contributed by atoms with Gasteiger partial charge >= 0.3 is 0 Å². The van der Waals surface area contributed by atoms with Crippen molar-refractivity contribution in [1.82, 2.24) is 20.0 Å². The number of nitrogens with one attached hydrogen (secondary N) is 1. The van der Waals surface area contributed by atoms with Crippen LogP contribution in [0.25, 0.3) is 0 Å². The smallest absolute Gasteiger partial charge is 0.194 e. The van der Waals surface area contributed by atoms with Gasteiger partial charge in [-0.1, -0.05) is 26.0 Å². The predicted octanol–water partition coefficient (Wildman–Crippen LogP) is 3.20. The predicted molar refractivity (Wildman–Crippen MR) is 128 cm³/mol. The average molecular weight is 514 g/mol. The lowest BCUT2D eigenvalue weighted by Gasteiger charge is -2.37. The molecule has 2 heterocycles. The zero-order valence-corrected chi connectivity index (χ0v) is 20.1. The second-order valence-corrected chi connectivity index (χ2v) is 7.03. The number of aryl methyl sites for hydroxylation is 2. The molecule has 3 rings (SSSR count). The molecule has 0 spiro atoms. The maximum absolute atomic E-state index is 14.1. The number of benzene rings is 1. The van der Waals surface area contributed by atoms with Gasteiger partial charge < -0.3 is 15.1 Å². The molecule has 8 heteroatoms.